The molecule has 0 spiro atoms. The highest BCUT2D eigenvalue weighted by Gasteiger charge is 2.22. The molecule has 2 aromatic carbocycles. The Balaban J connectivity index is 2.08. The van der Waals surface area contributed by atoms with E-state index in [1.54, 1.807) is 6.07 Å². The van der Waals surface area contributed by atoms with E-state index < -0.39 is 4.92 Å². The zero-order valence-electron chi connectivity index (χ0n) is 16.8. The van der Waals surface area contributed by atoms with Gasteiger partial charge in [0.05, 0.1) is 34.3 Å². The van der Waals surface area contributed by atoms with E-state index in [0.717, 1.165) is 22.2 Å². The van der Waals surface area contributed by atoms with E-state index in [9.17, 15) is 15.4 Å². The van der Waals surface area contributed by atoms with E-state index in [2.05, 4.69) is 16.4 Å². The third kappa shape index (κ3) is 3.39. The molecule has 156 valence electrons. The van der Waals surface area contributed by atoms with E-state index in [1.807, 2.05) is 35.6 Å². The zero-order valence-corrected chi connectivity index (χ0v) is 17.6. The fraction of sp³-hybridized carbons (Fsp3) is 0.182. The van der Waals surface area contributed by atoms with Crippen molar-refractivity contribution in [1.29, 1.82) is 5.26 Å². The van der Waals surface area contributed by atoms with Gasteiger partial charge in [-0.2, -0.15) is 5.26 Å². The van der Waals surface area contributed by atoms with Gasteiger partial charge >= 0.3 is 0 Å². The molecule has 0 unspecified atom stereocenters. The minimum Gasteiger partial charge on any atom is -0.495 e. The molecule has 31 heavy (non-hydrogen) atoms. The van der Waals surface area contributed by atoms with E-state index in [1.165, 1.54) is 19.2 Å². The number of nitro benzene ring substituents is 1. The fourth-order valence-electron chi connectivity index (χ4n) is 3.75. The van der Waals surface area contributed by atoms with Crippen LogP contribution in [0.25, 0.3) is 16.7 Å². The molecule has 0 aliphatic rings. The molecule has 1 N–H and O–H groups in total. The van der Waals surface area contributed by atoms with Crippen LogP contribution in [0.15, 0.2) is 42.5 Å². The number of alkyl halides is 1. The summed E-state index contributed by atoms with van der Waals surface area (Å²) in [7, 11) is 1.50. The lowest BCUT2D eigenvalue weighted by atomic mass is 10.0. The van der Waals surface area contributed by atoms with Crippen molar-refractivity contribution in [3.8, 4) is 11.8 Å². The first-order valence-corrected chi connectivity index (χ1v) is 10.0. The van der Waals surface area contributed by atoms with Crippen LogP contribution in [0.1, 0.15) is 16.7 Å². The Morgan fingerprint density at radius 1 is 1.32 bits per heavy atom. The molecule has 0 saturated carbocycles. The number of ether oxygens (including phenoxy) is 1. The first-order valence-electron chi connectivity index (χ1n) is 9.48. The molecule has 0 amide bonds. The van der Waals surface area contributed by atoms with Crippen LogP contribution in [0.5, 0.6) is 5.75 Å². The summed E-state index contributed by atoms with van der Waals surface area (Å²) in [5.74, 6) is 1.42. The number of halogens is 1. The number of methoxy groups -OCH3 is 1. The molecule has 0 atom stereocenters. The molecule has 0 aliphatic heterocycles. The maximum atomic E-state index is 11.3. The Labute approximate surface area is 182 Å². The maximum Gasteiger partial charge on any atom is 0.271 e. The topological polar surface area (TPSA) is 105 Å². The highest BCUT2D eigenvalue weighted by molar-refractivity contribution is 6.18. The van der Waals surface area contributed by atoms with Gasteiger partial charge in [0, 0.05) is 18.0 Å². The average molecular weight is 436 g/mol. The van der Waals surface area contributed by atoms with Crippen molar-refractivity contribution in [3.05, 3.63) is 69.3 Å². The number of nitrogens with one attached hydrogen (secondary N) is 1. The monoisotopic (exact) mass is 435 g/mol. The third-order valence-corrected chi connectivity index (χ3v) is 5.41. The normalized spacial score (nSPS) is 10.9. The maximum absolute atomic E-state index is 11.3. The van der Waals surface area contributed by atoms with E-state index in [4.69, 9.17) is 16.3 Å². The van der Waals surface area contributed by atoms with E-state index in [-0.39, 0.29) is 5.69 Å². The summed E-state index contributed by atoms with van der Waals surface area (Å²) in [4.78, 5) is 15.5. The van der Waals surface area contributed by atoms with Gasteiger partial charge in [-0.15, -0.1) is 11.6 Å². The summed E-state index contributed by atoms with van der Waals surface area (Å²) in [6.45, 7) is 1.86. The first-order chi connectivity index (χ1) is 15.0. The number of hydrogen-bond acceptors (Lipinski definition) is 6. The van der Waals surface area contributed by atoms with Gasteiger partial charge in [0.2, 0.25) is 0 Å². The smallest absolute Gasteiger partial charge is 0.271 e. The largest absolute Gasteiger partial charge is 0.495 e. The number of nitrogens with zero attached hydrogens (tertiary/aromatic N) is 4. The van der Waals surface area contributed by atoms with Crippen molar-refractivity contribution < 1.29 is 9.66 Å². The van der Waals surface area contributed by atoms with Crippen molar-refractivity contribution in [2.45, 2.75) is 13.3 Å². The molecule has 0 radical (unpaired) electrons. The number of nitro groups is 1. The summed E-state index contributed by atoms with van der Waals surface area (Å²) >= 11 is 6.10. The van der Waals surface area contributed by atoms with E-state index >= 15 is 0 Å². The van der Waals surface area contributed by atoms with Crippen LogP contribution in [0.2, 0.25) is 0 Å². The predicted molar refractivity (Wildman–Crippen MR) is 120 cm³/mol. The van der Waals surface area contributed by atoms with Crippen LogP contribution in [0.3, 0.4) is 0 Å². The summed E-state index contributed by atoms with van der Waals surface area (Å²) < 4.78 is 7.28. The van der Waals surface area contributed by atoms with Crippen LogP contribution in [-0.2, 0) is 6.42 Å². The average Bonchev–Trinajstić information content (AvgIpc) is 3.15. The van der Waals surface area contributed by atoms with Gasteiger partial charge in [-0.25, -0.2) is 4.98 Å². The Kier molecular flexibility index (Phi) is 5.36. The predicted octanol–water partition coefficient (Wildman–Crippen LogP) is 5.11. The molecule has 2 heterocycles. The molecule has 8 nitrogen and oxygen atoms in total. The van der Waals surface area contributed by atoms with Crippen molar-refractivity contribution in [1.82, 2.24) is 9.38 Å². The van der Waals surface area contributed by atoms with Gasteiger partial charge in [-0.1, -0.05) is 12.1 Å². The minimum absolute atomic E-state index is 0.0701. The Morgan fingerprint density at radius 3 is 2.77 bits per heavy atom. The molecule has 2 aromatic heterocycles. The summed E-state index contributed by atoms with van der Waals surface area (Å²) in [5, 5.41) is 24.5. The number of hydrogen-bond donors (Lipinski definition) is 1. The Hall–Kier alpha value is -3.83. The molecule has 4 rings (SSSR count). The van der Waals surface area contributed by atoms with Gasteiger partial charge in [0.25, 0.3) is 5.69 Å². The Morgan fingerprint density at radius 2 is 2.10 bits per heavy atom. The number of anilines is 2. The van der Waals surface area contributed by atoms with Gasteiger partial charge in [0.15, 0.2) is 5.65 Å². The lowest BCUT2D eigenvalue weighted by molar-refractivity contribution is -0.384. The lowest BCUT2D eigenvalue weighted by Crippen LogP contribution is -2.09. The highest BCUT2D eigenvalue weighted by Crippen LogP contribution is 2.37. The van der Waals surface area contributed by atoms with Crippen molar-refractivity contribution in [3.63, 3.8) is 0 Å². The summed E-state index contributed by atoms with van der Waals surface area (Å²) in [6.07, 6.45) is 0.490. The van der Waals surface area contributed by atoms with Gasteiger partial charge in [0.1, 0.15) is 17.6 Å². The number of non-ortho nitro benzene ring substituents is 1. The van der Waals surface area contributed by atoms with Gasteiger partial charge in [-0.3, -0.25) is 14.5 Å². The molecule has 0 bridgehead atoms. The fourth-order valence-corrected chi connectivity index (χ4v) is 3.94. The molecular formula is C22H18ClN5O3. The molecule has 0 saturated heterocycles. The first kappa shape index (κ1) is 20.4. The number of nitriles is 1. The van der Waals surface area contributed by atoms with Crippen molar-refractivity contribution >= 4 is 45.5 Å². The summed E-state index contributed by atoms with van der Waals surface area (Å²) in [6, 6.07) is 14.2. The van der Waals surface area contributed by atoms with Crippen LogP contribution >= 0.6 is 11.6 Å². The number of benzene rings is 2. The van der Waals surface area contributed by atoms with Crippen LogP contribution < -0.4 is 10.1 Å². The second kappa shape index (κ2) is 8.13. The molecule has 9 heteroatoms. The number of rotatable bonds is 6. The number of fused-ring (bicyclic) bond motifs is 3. The van der Waals surface area contributed by atoms with Gasteiger partial charge in [-0.05, 0) is 42.7 Å². The molecule has 4 aromatic rings. The quantitative estimate of drug-likeness (QED) is 0.256. The Bertz CT molecular complexity index is 1370. The zero-order chi connectivity index (χ0) is 22.1. The third-order valence-electron chi connectivity index (χ3n) is 5.22. The van der Waals surface area contributed by atoms with Crippen molar-refractivity contribution in [2.24, 2.45) is 0 Å². The van der Waals surface area contributed by atoms with Crippen molar-refractivity contribution in [2.75, 3.05) is 18.3 Å². The lowest BCUT2D eigenvalue weighted by Gasteiger charge is -2.19. The van der Waals surface area contributed by atoms with Crippen LogP contribution in [-0.4, -0.2) is 27.3 Å². The van der Waals surface area contributed by atoms with Gasteiger partial charge < -0.3 is 10.1 Å². The molecule has 0 aliphatic carbocycles. The van der Waals surface area contributed by atoms with E-state index in [0.29, 0.717) is 40.8 Å². The van der Waals surface area contributed by atoms with Crippen LogP contribution in [0.4, 0.5) is 17.2 Å². The highest BCUT2D eigenvalue weighted by atomic mass is 35.5. The number of para-hydroxylation sites is 2. The second-order valence-corrected chi connectivity index (χ2v) is 7.28. The second-order valence-electron chi connectivity index (χ2n) is 6.90. The minimum atomic E-state index is -0.462. The van der Waals surface area contributed by atoms with Crippen LogP contribution in [0, 0.1) is 28.4 Å². The number of imidazole rings is 1. The number of aromatic nitrogens is 2. The SMILES string of the molecule is COc1ccc([N+](=O)[O-])cc1Nc1c(CCCl)c(C)c(C#N)c2nc3ccccc3n12. The molecule has 0 fully saturated rings. The molecular weight excluding hydrogens is 418 g/mol. The standard InChI is InChI=1S/C22H18ClN5O3/c1-13-15(9-10-23)21(26-18-11-14(28(29)30)7-8-20(18)31-2)27-19-6-4-3-5-17(19)25-22(27)16(13)12-24/h3-8,11,26H,9-10H2,1-2H3. The number of pyridine rings is 1. The summed E-state index contributed by atoms with van der Waals surface area (Å²) in [5.41, 5.74) is 4.45.